The van der Waals surface area contributed by atoms with Crippen molar-refractivity contribution in [3.8, 4) is 11.5 Å². The quantitative estimate of drug-likeness (QED) is 0.481. The monoisotopic (exact) mass is 474 g/mol. The summed E-state index contributed by atoms with van der Waals surface area (Å²) in [5.41, 5.74) is 1.53. The van der Waals surface area contributed by atoms with Crippen LogP contribution in [0.5, 0.6) is 0 Å². The number of carbonyl (C=O) groups excluding carboxylic acids is 1. The Morgan fingerprint density at radius 1 is 1.12 bits per heavy atom. The van der Waals surface area contributed by atoms with Crippen LogP contribution in [0.15, 0.2) is 62.1 Å². The second kappa shape index (κ2) is 9.72. The number of amides is 1. The first-order chi connectivity index (χ1) is 15.4. The molecule has 3 heterocycles. The zero-order valence-electron chi connectivity index (χ0n) is 17.4. The predicted molar refractivity (Wildman–Crippen MR) is 120 cm³/mol. The van der Waals surface area contributed by atoms with E-state index >= 15 is 0 Å². The normalized spacial score (nSPS) is 15.5. The number of furan rings is 1. The number of hydrogen-bond acceptors (Lipinski definition) is 8. The van der Waals surface area contributed by atoms with Crippen LogP contribution < -0.4 is 0 Å². The van der Waals surface area contributed by atoms with Crippen LogP contribution in [-0.2, 0) is 14.8 Å². The topological polar surface area (TPSA) is 110 Å². The fourth-order valence-electron chi connectivity index (χ4n) is 3.21. The third-order valence-electron chi connectivity index (χ3n) is 5.00. The number of nitrogens with zero attached hydrogens (tertiary/aromatic N) is 4. The molecule has 0 atom stereocenters. The second-order valence-electron chi connectivity index (χ2n) is 7.09. The van der Waals surface area contributed by atoms with Crippen LogP contribution in [0.4, 0.5) is 0 Å². The summed E-state index contributed by atoms with van der Waals surface area (Å²) in [6.07, 6.45) is 3.12. The van der Waals surface area contributed by atoms with Gasteiger partial charge >= 0.3 is 0 Å². The van der Waals surface area contributed by atoms with Gasteiger partial charge in [-0.05, 0) is 24.6 Å². The highest BCUT2D eigenvalue weighted by molar-refractivity contribution is 7.99. The van der Waals surface area contributed by atoms with Crippen molar-refractivity contribution in [1.82, 2.24) is 19.4 Å². The van der Waals surface area contributed by atoms with E-state index in [1.54, 1.807) is 30.2 Å². The number of hydrogen-bond donors (Lipinski definition) is 0. The molecule has 0 unspecified atom stereocenters. The van der Waals surface area contributed by atoms with Crippen molar-refractivity contribution in [2.45, 2.75) is 12.1 Å². The van der Waals surface area contributed by atoms with E-state index in [4.69, 9.17) is 8.83 Å². The molecule has 1 amide bonds. The predicted octanol–water partition coefficient (Wildman–Crippen LogP) is 2.88. The van der Waals surface area contributed by atoms with E-state index < -0.39 is 10.0 Å². The average molecular weight is 475 g/mol. The van der Waals surface area contributed by atoms with E-state index in [-0.39, 0.29) is 24.7 Å². The van der Waals surface area contributed by atoms with Crippen molar-refractivity contribution >= 4 is 33.8 Å². The van der Waals surface area contributed by atoms with Gasteiger partial charge < -0.3 is 13.7 Å². The molecule has 0 saturated carbocycles. The highest BCUT2D eigenvalue weighted by Gasteiger charge is 2.27. The lowest BCUT2D eigenvalue weighted by molar-refractivity contribution is -0.129. The molecular formula is C21H22N4O5S2. The van der Waals surface area contributed by atoms with Gasteiger partial charge in [-0.1, -0.05) is 42.1 Å². The van der Waals surface area contributed by atoms with Gasteiger partial charge in [0.25, 0.3) is 11.1 Å². The summed E-state index contributed by atoms with van der Waals surface area (Å²) in [6, 6.07) is 11.0. The van der Waals surface area contributed by atoms with Crippen LogP contribution in [0.3, 0.4) is 0 Å². The molecule has 1 aromatic carbocycles. The largest absolute Gasteiger partial charge is 0.469 e. The Morgan fingerprint density at radius 2 is 1.88 bits per heavy atom. The summed E-state index contributed by atoms with van der Waals surface area (Å²) < 4.78 is 37.3. The van der Waals surface area contributed by atoms with Crippen LogP contribution in [-0.4, -0.2) is 65.7 Å². The molecular weight excluding hydrogens is 452 g/mol. The maximum atomic E-state index is 12.6. The standard InChI is InChI=1S/C21H22N4O5S2/c1-16-18(7-13-29-16)20-22-23-21(30-20)31-15-19(26)24-9-11-25(12-10-24)32(27,28)14-8-17-5-3-2-4-6-17/h2-8,13-14H,9-12,15H2,1H3. The van der Waals surface area contributed by atoms with Gasteiger partial charge in [-0.25, -0.2) is 8.42 Å². The van der Waals surface area contributed by atoms with Crippen LogP contribution in [0.25, 0.3) is 17.5 Å². The second-order valence-corrected chi connectivity index (χ2v) is 9.84. The molecule has 1 aliphatic heterocycles. The lowest BCUT2D eigenvalue weighted by Gasteiger charge is -2.33. The van der Waals surface area contributed by atoms with Gasteiger partial charge in [-0.15, -0.1) is 10.2 Å². The molecule has 0 N–H and O–H groups in total. The molecule has 1 saturated heterocycles. The van der Waals surface area contributed by atoms with Crippen LogP contribution in [0, 0.1) is 6.92 Å². The van der Waals surface area contributed by atoms with E-state index in [2.05, 4.69) is 10.2 Å². The Kier molecular flexibility index (Phi) is 6.77. The molecule has 4 rings (SSSR count). The molecule has 2 aromatic heterocycles. The van der Waals surface area contributed by atoms with Gasteiger partial charge in [0, 0.05) is 31.6 Å². The molecule has 32 heavy (non-hydrogen) atoms. The van der Waals surface area contributed by atoms with Crippen LogP contribution >= 0.6 is 11.8 Å². The number of sulfonamides is 1. The minimum absolute atomic E-state index is 0.105. The number of thioether (sulfide) groups is 1. The average Bonchev–Trinajstić information content (AvgIpc) is 3.45. The molecule has 1 aliphatic rings. The smallest absolute Gasteiger partial charge is 0.277 e. The minimum Gasteiger partial charge on any atom is -0.469 e. The van der Waals surface area contributed by atoms with Crippen LogP contribution in [0.1, 0.15) is 11.3 Å². The SMILES string of the molecule is Cc1occc1-c1nnc(SCC(=O)N2CCN(S(=O)(=O)C=Cc3ccccc3)CC2)o1. The van der Waals surface area contributed by atoms with Crippen molar-refractivity contribution in [3.05, 3.63) is 59.4 Å². The van der Waals surface area contributed by atoms with E-state index in [9.17, 15) is 13.2 Å². The molecule has 11 heteroatoms. The third-order valence-corrected chi connectivity index (χ3v) is 7.37. The Bertz CT molecular complexity index is 1200. The Hall–Kier alpha value is -2.89. The first-order valence-electron chi connectivity index (χ1n) is 9.94. The summed E-state index contributed by atoms with van der Waals surface area (Å²) in [5, 5.41) is 9.45. The van der Waals surface area contributed by atoms with E-state index in [0.717, 1.165) is 17.3 Å². The maximum Gasteiger partial charge on any atom is 0.277 e. The Labute approximate surface area is 190 Å². The van der Waals surface area contributed by atoms with Crippen molar-refractivity contribution in [1.29, 1.82) is 0 Å². The minimum atomic E-state index is -3.54. The molecule has 168 valence electrons. The van der Waals surface area contributed by atoms with E-state index in [1.165, 1.54) is 9.71 Å². The summed E-state index contributed by atoms with van der Waals surface area (Å²) in [5.74, 6) is 1.04. The van der Waals surface area contributed by atoms with Gasteiger partial charge in [-0.3, -0.25) is 4.79 Å². The lowest BCUT2D eigenvalue weighted by atomic mass is 10.2. The van der Waals surface area contributed by atoms with Crippen molar-refractivity contribution in [2.75, 3.05) is 31.9 Å². The summed E-state index contributed by atoms with van der Waals surface area (Å²) >= 11 is 1.15. The fourth-order valence-corrected chi connectivity index (χ4v) is 5.04. The highest BCUT2D eigenvalue weighted by Crippen LogP contribution is 2.26. The number of rotatable bonds is 7. The molecule has 3 aromatic rings. The zero-order valence-corrected chi connectivity index (χ0v) is 19.0. The summed E-state index contributed by atoms with van der Waals surface area (Å²) in [6.45, 7) is 2.97. The summed E-state index contributed by atoms with van der Waals surface area (Å²) in [7, 11) is -3.54. The lowest BCUT2D eigenvalue weighted by Crippen LogP contribution is -2.50. The van der Waals surface area contributed by atoms with Gasteiger partial charge in [0.15, 0.2) is 0 Å². The van der Waals surface area contributed by atoms with Gasteiger partial charge in [0.2, 0.25) is 15.9 Å². The third kappa shape index (κ3) is 5.29. The zero-order chi connectivity index (χ0) is 22.6. The first kappa shape index (κ1) is 22.3. The number of benzene rings is 1. The van der Waals surface area contributed by atoms with E-state index in [0.29, 0.717) is 35.5 Å². The van der Waals surface area contributed by atoms with Crippen LogP contribution in [0.2, 0.25) is 0 Å². The van der Waals surface area contributed by atoms with Crippen molar-refractivity contribution < 1.29 is 22.0 Å². The molecule has 0 spiro atoms. The number of piperazine rings is 1. The molecule has 0 radical (unpaired) electrons. The molecule has 0 aliphatic carbocycles. The molecule has 1 fully saturated rings. The molecule has 0 bridgehead atoms. The highest BCUT2D eigenvalue weighted by atomic mass is 32.2. The van der Waals surface area contributed by atoms with Crippen molar-refractivity contribution in [3.63, 3.8) is 0 Å². The summed E-state index contributed by atoms with van der Waals surface area (Å²) in [4.78, 5) is 14.2. The van der Waals surface area contributed by atoms with E-state index in [1.807, 2.05) is 30.3 Å². The van der Waals surface area contributed by atoms with Gasteiger partial charge in [0.05, 0.1) is 17.6 Å². The first-order valence-corrected chi connectivity index (χ1v) is 12.4. The number of aromatic nitrogens is 2. The van der Waals surface area contributed by atoms with Gasteiger partial charge in [-0.2, -0.15) is 4.31 Å². The van der Waals surface area contributed by atoms with Gasteiger partial charge in [0.1, 0.15) is 5.76 Å². The fraction of sp³-hybridized carbons (Fsp3) is 0.286. The van der Waals surface area contributed by atoms with Crippen molar-refractivity contribution in [2.24, 2.45) is 0 Å². The molecule has 9 nitrogen and oxygen atoms in total. The maximum absolute atomic E-state index is 12.6. The number of aryl methyl sites for hydroxylation is 1. The number of carbonyl (C=O) groups is 1. The Balaban J connectivity index is 1.27. The Morgan fingerprint density at radius 3 is 2.56 bits per heavy atom.